The first kappa shape index (κ1) is 10.3. The third-order valence-corrected chi connectivity index (χ3v) is 1.44. The van der Waals surface area contributed by atoms with Crippen molar-refractivity contribution in [2.75, 3.05) is 0 Å². The van der Waals surface area contributed by atoms with E-state index in [0.717, 1.165) is 5.92 Å². The standard InChI is InChI=1S/C10H19N/c1-5-6-7-11-10(4)8-9(2)3/h5-7,9-11H,1,8H2,2-4H3/b7-6-. The molecule has 0 saturated heterocycles. The maximum absolute atomic E-state index is 3.59. The van der Waals surface area contributed by atoms with Crippen LogP contribution >= 0.6 is 0 Å². The summed E-state index contributed by atoms with van der Waals surface area (Å²) in [6, 6.07) is 0.561. The summed E-state index contributed by atoms with van der Waals surface area (Å²) >= 11 is 0. The Morgan fingerprint density at radius 3 is 2.45 bits per heavy atom. The Morgan fingerprint density at radius 1 is 1.36 bits per heavy atom. The molecule has 11 heavy (non-hydrogen) atoms. The summed E-state index contributed by atoms with van der Waals surface area (Å²) < 4.78 is 0. The lowest BCUT2D eigenvalue weighted by molar-refractivity contribution is 0.481. The molecule has 0 aliphatic heterocycles. The Morgan fingerprint density at radius 2 is 2.00 bits per heavy atom. The van der Waals surface area contributed by atoms with E-state index in [4.69, 9.17) is 0 Å². The summed E-state index contributed by atoms with van der Waals surface area (Å²) in [5, 5.41) is 3.26. The highest BCUT2D eigenvalue weighted by atomic mass is 14.9. The Bertz CT molecular complexity index is 125. The maximum Gasteiger partial charge on any atom is 0.0229 e. The SMILES string of the molecule is C=C/C=C\NC(C)CC(C)C. The molecule has 0 aromatic rings. The molecule has 0 radical (unpaired) electrons. The van der Waals surface area contributed by atoms with Crippen LogP contribution in [0.5, 0.6) is 0 Å². The Hall–Kier alpha value is -0.720. The zero-order valence-corrected chi connectivity index (χ0v) is 7.80. The second kappa shape index (κ2) is 6.02. The van der Waals surface area contributed by atoms with Crippen molar-refractivity contribution >= 4 is 0 Å². The Labute approximate surface area is 70.2 Å². The van der Waals surface area contributed by atoms with Crippen LogP contribution in [0.4, 0.5) is 0 Å². The fraction of sp³-hybridized carbons (Fsp3) is 0.600. The van der Waals surface area contributed by atoms with Crippen LogP contribution in [0.25, 0.3) is 0 Å². The van der Waals surface area contributed by atoms with Crippen LogP contribution in [0.2, 0.25) is 0 Å². The third-order valence-electron chi connectivity index (χ3n) is 1.44. The van der Waals surface area contributed by atoms with Crippen LogP contribution < -0.4 is 5.32 Å². The lowest BCUT2D eigenvalue weighted by atomic mass is 10.1. The van der Waals surface area contributed by atoms with Crippen molar-refractivity contribution < 1.29 is 0 Å². The van der Waals surface area contributed by atoms with Gasteiger partial charge in [0.1, 0.15) is 0 Å². The molecule has 0 heterocycles. The normalized spacial score (nSPS) is 13.8. The number of hydrogen-bond donors (Lipinski definition) is 1. The van der Waals surface area contributed by atoms with Crippen molar-refractivity contribution in [3.8, 4) is 0 Å². The lowest BCUT2D eigenvalue weighted by Crippen LogP contribution is -2.21. The fourth-order valence-corrected chi connectivity index (χ4v) is 1.06. The van der Waals surface area contributed by atoms with Crippen LogP contribution in [-0.4, -0.2) is 6.04 Å². The second-order valence-electron chi connectivity index (χ2n) is 3.29. The van der Waals surface area contributed by atoms with Gasteiger partial charge in [-0.05, 0) is 31.5 Å². The van der Waals surface area contributed by atoms with Gasteiger partial charge in [-0.3, -0.25) is 0 Å². The highest BCUT2D eigenvalue weighted by Crippen LogP contribution is 2.03. The highest BCUT2D eigenvalue weighted by molar-refractivity contribution is 4.96. The van der Waals surface area contributed by atoms with Gasteiger partial charge in [0.25, 0.3) is 0 Å². The van der Waals surface area contributed by atoms with E-state index in [1.54, 1.807) is 6.08 Å². The fourth-order valence-electron chi connectivity index (χ4n) is 1.06. The second-order valence-corrected chi connectivity index (χ2v) is 3.29. The van der Waals surface area contributed by atoms with Crippen molar-refractivity contribution in [1.29, 1.82) is 0 Å². The molecule has 1 atom stereocenters. The molecular weight excluding hydrogens is 134 g/mol. The average Bonchev–Trinajstić information content (AvgIpc) is 1.86. The summed E-state index contributed by atoms with van der Waals surface area (Å²) in [6.07, 6.45) is 6.84. The number of rotatable bonds is 5. The van der Waals surface area contributed by atoms with Crippen LogP contribution in [0, 0.1) is 5.92 Å². The third kappa shape index (κ3) is 7.17. The zero-order valence-electron chi connectivity index (χ0n) is 7.80. The van der Waals surface area contributed by atoms with Gasteiger partial charge < -0.3 is 5.32 Å². The van der Waals surface area contributed by atoms with Crippen molar-refractivity contribution in [2.24, 2.45) is 5.92 Å². The predicted octanol–water partition coefficient (Wildman–Crippen LogP) is 2.71. The number of nitrogens with one attached hydrogen (secondary N) is 1. The van der Waals surface area contributed by atoms with E-state index in [1.165, 1.54) is 6.42 Å². The van der Waals surface area contributed by atoms with Crippen LogP contribution in [-0.2, 0) is 0 Å². The minimum atomic E-state index is 0.561. The van der Waals surface area contributed by atoms with Gasteiger partial charge in [-0.15, -0.1) is 0 Å². The molecular formula is C10H19N. The molecule has 1 N–H and O–H groups in total. The number of hydrogen-bond acceptors (Lipinski definition) is 1. The van der Waals surface area contributed by atoms with E-state index in [0.29, 0.717) is 6.04 Å². The molecule has 1 unspecified atom stereocenters. The average molecular weight is 153 g/mol. The van der Waals surface area contributed by atoms with E-state index in [9.17, 15) is 0 Å². The predicted molar refractivity (Wildman–Crippen MR) is 51.4 cm³/mol. The topological polar surface area (TPSA) is 12.0 Å². The maximum atomic E-state index is 3.59. The smallest absolute Gasteiger partial charge is 0.0229 e. The van der Waals surface area contributed by atoms with E-state index >= 15 is 0 Å². The number of allylic oxidation sites excluding steroid dienone is 2. The van der Waals surface area contributed by atoms with E-state index in [2.05, 4.69) is 32.7 Å². The summed E-state index contributed by atoms with van der Waals surface area (Å²) in [7, 11) is 0. The first-order chi connectivity index (χ1) is 5.16. The van der Waals surface area contributed by atoms with Gasteiger partial charge in [0, 0.05) is 6.04 Å². The molecule has 0 aliphatic rings. The van der Waals surface area contributed by atoms with Gasteiger partial charge >= 0.3 is 0 Å². The van der Waals surface area contributed by atoms with Crippen LogP contribution in [0.1, 0.15) is 27.2 Å². The minimum Gasteiger partial charge on any atom is -0.388 e. The molecule has 64 valence electrons. The van der Waals surface area contributed by atoms with Crippen molar-refractivity contribution in [1.82, 2.24) is 5.32 Å². The lowest BCUT2D eigenvalue weighted by Gasteiger charge is -2.13. The molecule has 0 saturated carbocycles. The monoisotopic (exact) mass is 153 g/mol. The largest absolute Gasteiger partial charge is 0.388 e. The van der Waals surface area contributed by atoms with Gasteiger partial charge in [-0.1, -0.05) is 26.5 Å². The Balaban J connectivity index is 3.43. The molecule has 0 aromatic heterocycles. The van der Waals surface area contributed by atoms with Crippen molar-refractivity contribution in [3.63, 3.8) is 0 Å². The van der Waals surface area contributed by atoms with Crippen LogP contribution in [0.15, 0.2) is 24.9 Å². The van der Waals surface area contributed by atoms with Crippen molar-refractivity contribution in [2.45, 2.75) is 33.2 Å². The van der Waals surface area contributed by atoms with Gasteiger partial charge in [-0.2, -0.15) is 0 Å². The molecule has 1 heteroatoms. The molecule has 0 aliphatic carbocycles. The van der Waals surface area contributed by atoms with Crippen molar-refractivity contribution in [3.05, 3.63) is 24.9 Å². The van der Waals surface area contributed by atoms with Gasteiger partial charge in [0.2, 0.25) is 0 Å². The Kier molecular flexibility index (Phi) is 5.63. The summed E-state index contributed by atoms with van der Waals surface area (Å²) in [4.78, 5) is 0. The van der Waals surface area contributed by atoms with Gasteiger partial charge in [0.15, 0.2) is 0 Å². The van der Waals surface area contributed by atoms with E-state index in [1.807, 2.05) is 12.3 Å². The van der Waals surface area contributed by atoms with Gasteiger partial charge in [0.05, 0.1) is 0 Å². The molecule has 0 bridgehead atoms. The molecule has 0 aromatic carbocycles. The van der Waals surface area contributed by atoms with Gasteiger partial charge in [-0.25, -0.2) is 0 Å². The van der Waals surface area contributed by atoms with Crippen LogP contribution in [0.3, 0.4) is 0 Å². The molecule has 1 nitrogen and oxygen atoms in total. The molecule has 0 fully saturated rings. The first-order valence-corrected chi connectivity index (χ1v) is 4.20. The molecule has 0 amide bonds. The highest BCUT2D eigenvalue weighted by Gasteiger charge is 2.00. The molecule has 0 rings (SSSR count). The van der Waals surface area contributed by atoms with E-state index < -0.39 is 0 Å². The first-order valence-electron chi connectivity index (χ1n) is 4.20. The summed E-state index contributed by atoms with van der Waals surface area (Å²) in [6.45, 7) is 10.2. The molecule has 0 spiro atoms. The van der Waals surface area contributed by atoms with E-state index in [-0.39, 0.29) is 0 Å². The zero-order chi connectivity index (χ0) is 8.69. The minimum absolute atomic E-state index is 0.561. The quantitative estimate of drug-likeness (QED) is 0.599. The summed E-state index contributed by atoms with van der Waals surface area (Å²) in [5.41, 5.74) is 0. The summed E-state index contributed by atoms with van der Waals surface area (Å²) in [5.74, 6) is 0.759.